The summed E-state index contributed by atoms with van der Waals surface area (Å²) in [7, 11) is 0. The first kappa shape index (κ1) is 27.7. The number of aromatic nitrogens is 2. The van der Waals surface area contributed by atoms with Gasteiger partial charge in [-0.1, -0.05) is 31.0 Å². The molecule has 1 aromatic heterocycles. The standard InChI is InChI=1S/C30H29F6N3O2/c31-29(32,33)22-7-9-23(10-8-22)39-27(41)24(17-38(39)16-20-4-1-2-6-25(20)30(34,35)36)26(40)37-28-11-3-5-19-12-18(14-28)13-21(19)15-28/h1-2,4,6-10,17-19,21H,3,5,11-16H2,(H,37,40). The second-order valence-electron chi connectivity index (χ2n) is 11.8. The summed E-state index contributed by atoms with van der Waals surface area (Å²) < 4.78 is 82.9. The van der Waals surface area contributed by atoms with Crippen LogP contribution in [0.4, 0.5) is 26.3 Å². The van der Waals surface area contributed by atoms with E-state index in [1.54, 1.807) is 0 Å². The van der Waals surface area contributed by atoms with Gasteiger partial charge in [-0.15, -0.1) is 0 Å². The van der Waals surface area contributed by atoms with Gasteiger partial charge in [0.1, 0.15) is 5.56 Å². The van der Waals surface area contributed by atoms with E-state index in [2.05, 4.69) is 5.32 Å². The number of nitrogens with one attached hydrogen (secondary N) is 1. The van der Waals surface area contributed by atoms with Crippen molar-refractivity contribution in [1.82, 2.24) is 14.7 Å². The lowest BCUT2D eigenvalue weighted by atomic mass is 9.73. The maximum Gasteiger partial charge on any atom is 0.416 e. The van der Waals surface area contributed by atoms with Gasteiger partial charge in [0.05, 0.1) is 23.4 Å². The van der Waals surface area contributed by atoms with Crippen LogP contribution < -0.4 is 10.9 Å². The van der Waals surface area contributed by atoms with Crippen LogP contribution in [0.15, 0.2) is 59.5 Å². The third-order valence-corrected chi connectivity index (χ3v) is 9.18. The summed E-state index contributed by atoms with van der Waals surface area (Å²) in [6, 6.07) is 8.59. The molecule has 3 fully saturated rings. The molecule has 2 aromatic carbocycles. The Morgan fingerprint density at radius 3 is 2.34 bits per heavy atom. The molecular formula is C30H29F6N3O2. The first-order valence-electron chi connectivity index (χ1n) is 13.8. The first-order valence-corrected chi connectivity index (χ1v) is 13.8. The molecule has 11 heteroatoms. The molecule has 1 heterocycles. The molecule has 3 aliphatic carbocycles. The molecule has 3 aliphatic rings. The van der Waals surface area contributed by atoms with Crippen LogP contribution in [0, 0.1) is 17.8 Å². The van der Waals surface area contributed by atoms with Gasteiger partial charge in [-0.2, -0.15) is 26.3 Å². The lowest BCUT2D eigenvalue weighted by Crippen LogP contribution is -2.52. The van der Waals surface area contributed by atoms with Gasteiger partial charge < -0.3 is 5.32 Å². The Labute approximate surface area is 232 Å². The van der Waals surface area contributed by atoms with Crippen LogP contribution in [0.1, 0.15) is 72.0 Å². The van der Waals surface area contributed by atoms with Gasteiger partial charge in [-0.05, 0) is 85.8 Å². The minimum absolute atomic E-state index is 0.00211. The van der Waals surface area contributed by atoms with E-state index in [1.807, 2.05) is 0 Å². The average Bonchev–Trinajstić information content (AvgIpc) is 3.33. The number of hydrogen-bond acceptors (Lipinski definition) is 2. The number of amides is 1. The van der Waals surface area contributed by atoms with Crippen LogP contribution in [-0.4, -0.2) is 20.8 Å². The fraction of sp³-hybridized carbons (Fsp3) is 0.467. The zero-order valence-corrected chi connectivity index (χ0v) is 22.1. The molecule has 0 radical (unpaired) electrons. The molecule has 3 bridgehead atoms. The van der Waals surface area contributed by atoms with E-state index in [9.17, 15) is 35.9 Å². The molecule has 4 unspecified atom stereocenters. The van der Waals surface area contributed by atoms with Gasteiger partial charge in [0.25, 0.3) is 11.5 Å². The Hall–Kier alpha value is -3.50. The van der Waals surface area contributed by atoms with Crippen LogP contribution in [-0.2, 0) is 18.9 Å². The number of rotatable bonds is 5. The van der Waals surface area contributed by atoms with Crippen LogP contribution in [0.2, 0.25) is 0 Å². The predicted octanol–water partition coefficient (Wildman–Crippen LogP) is 6.81. The largest absolute Gasteiger partial charge is 0.416 e. The van der Waals surface area contributed by atoms with Crippen molar-refractivity contribution in [3.63, 3.8) is 0 Å². The second-order valence-corrected chi connectivity index (χ2v) is 11.8. The van der Waals surface area contributed by atoms with E-state index in [1.165, 1.54) is 24.4 Å². The van der Waals surface area contributed by atoms with Crippen LogP contribution in [0.25, 0.3) is 5.69 Å². The monoisotopic (exact) mass is 577 g/mol. The SMILES string of the molecule is O=C(NC12CCCC3CC(CC3C1)C2)c1cn(Cc2ccccc2C(F)(F)F)n(-c2ccc(C(F)(F)F)cc2)c1=O. The highest BCUT2D eigenvalue weighted by Gasteiger charge is 2.50. The Balaban J connectivity index is 1.39. The van der Waals surface area contributed by atoms with E-state index in [0.29, 0.717) is 17.8 Å². The fourth-order valence-electron chi connectivity index (χ4n) is 7.56. The van der Waals surface area contributed by atoms with Crippen molar-refractivity contribution < 1.29 is 31.1 Å². The summed E-state index contributed by atoms with van der Waals surface area (Å²) >= 11 is 0. The smallest absolute Gasteiger partial charge is 0.346 e. The summed E-state index contributed by atoms with van der Waals surface area (Å²) in [6.45, 7) is -0.434. The van der Waals surface area contributed by atoms with E-state index in [4.69, 9.17) is 0 Å². The second kappa shape index (κ2) is 9.80. The molecule has 4 atom stereocenters. The lowest BCUT2D eigenvalue weighted by molar-refractivity contribution is -0.138. The molecule has 218 valence electrons. The van der Waals surface area contributed by atoms with Crippen LogP contribution in [0.5, 0.6) is 0 Å². The maximum absolute atomic E-state index is 13.7. The number of hydrogen-bond donors (Lipinski definition) is 1. The molecular weight excluding hydrogens is 548 g/mol. The molecule has 0 spiro atoms. The number of benzene rings is 2. The normalized spacial score (nSPS) is 25.8. The summed E-state index contributed by atoms with van der Waals surface area (Å²) in [5.74, 6) is 1.10. The molecule has 0 saturated heterocycles. The van der Waals surface area contributed by atoms with Crippen molar-refractivity contribution in [2.24, 2.45) is 17.8 Å². The summed E-state index contributed by atoms with van der Waals surface area (Å²) in [4.78, 5) is 27.3. The zero-order chi connectivity index (χ0) is 29.2. The van der Waals surface area contributed by atoms with Gasteiger partial charge in [0.15, 0.2) is 0 Å². The first-order chi connectivity index (χ1) is 19.3. The molecule has 6 rings (SSSR count). The Kier molecular flexibility index (Phi) is 6.61. The van der Waals surface area contributed by atoms with Gasteiger partial charge in [-0.25, -0.2) is 4.68 Å². The molecule has 3 aromatic rings. The van der Waals surface area contributed by atoms with E-state index >= 15 is 0 Å². The third kappa shape index (κ3) is 5.19. The number of fused-ring (bicyclic) bond motifs is 2. The average molecular weight is 578 g/mol. The van der Waals surface area contributed by atoms with Crippen molar-refractivity contribution in [3.05, 3.63) is 87.3 Å². The van der Waals surface area contributed by atoms with Crippen molar-refractivity contribution >= 4 is 5.91 Å². The van der Waals surface area contributed by atoms with E-state index < -0.39 is 47.0 Å². The molecule has 0 aliphatic heterocycles. The third-order valence-electron chi connectivity index (χ3n) is 9.18. The Bertz CT molecular complexity index is 1520. The molecule has 1 amide bonds. The minimum atomic E-state index is -4.67. The van der Waals surface area contributed by atoms with E-state index in [-0.39, 0.29) is 16.8 Å². The Morgan fingerprint density at radius 1 is 0.927 bits per heavy atom. The number of carbonyl (C=O) groups excluding carboxylic acids is 1. The number of nitrogens with zero attached hydrogens (tertiary/aromatic N) is 2. The van der Waals surface area contributed by atoms with E-state index in [0.717, 1.165) is 84.6 Å². The number of carbonyl (C=O) groups is 1. The summed E-state index contributed by atoms with van der Waals surface area (Å²) in [6.07, 6.45) is -1.21. The van der Waals surface area contributed by atoms with Crippen LogP contribution in [0.3, 0.4) is 0 Å². The molecule has 1 N–H and O–H groups in total. The quantitative estimate of drug-likeness (QED) is 0.339. The highest BCUT2D eigenvalue weighted by molar-refractivity contribution is 5.94. The van der Waals surface area contributed by atoms with Crippen molar-refractivity contribution in [2.45, 2.75) is 69.4 Å². The van der Waals surface area contributed by atoms with Crippen molar-refractivity contribution in [2.75, 3.05) is 0 Å². The topological polar surface area (TPSA) is 56.0 Å². The minimum Gasteiger partial charge on any atom is -0.346 e. The lowest BCUT2D eigenvalue weighted by Gasteiger charge is -2.40. The summed E-state index contributed by atoms with van der Waals surface area (Å²) in [5.41, 5.74) is -3.51. The van der Waals surface area contributed by atoms with Gasteiger partial charge in [0.2, 0.25) is 0 Å². The highest BCUT2D eigenvalue weighted by Crippen LogP contribution is 2.55. The van der Waals surface area contributed by atoms with Gasteiger partial charge in [-0.3, -0.25) is 14.3 Å². The molecule has 5 nitrogen and oxygen atoms in total. The number of halogens is 6. The Morgan fingerprint density at radius 2 is 1.63 bits per heavy atom. The highest BCUT2D eigenvalue weighted by atomic mass is 19.4. The maximum atomic E-state index is 13.7. The molecule has 41 heavy (non-hydrogen) atoms. The zero-order valence-electron chi connectivity index (χ0n) is 22.1. The summed E-state index contributed by atoms with van der Waals surface area (Å²) in [5, 5.41) is 3.14. The fourth-order valence-corrected chi connectivity index (χ4v) is 7.56. The molecule has 3 saturated carbocycles. The number of alkyl halides is 6. The van der Waals surface area contributed by atoms with Crippen molar-refractivity contribution in [1.29, 1.82) is 0 Å². The van der Waals surface area contributed by atoms with Crippen LogP contribution >= 0.6 is 0 Å². The predicted molar refractivity (Wildman–Crippen MR) is 139 cm³/mol. The van der Waals surface area contributed by atoms with Crippen molar-refractivity contribution in [3.8, 4) is 5.69 Å². The van der Waals surface area contributed by atoms with Gasteiger partial charge in [0, 0.05) is 11.7 Å². The van der Waals surface area contributed by atoms with Gasteiger partial charge >= 0.3 is 12.4 Å².